The number of carboxylic acids is 1. The largest absolute Gasteiger partial charge is 0.480 e. The predicted molar refractivity (Wildman–Crippen MR) is 56.8 cm³/mol. The van der Waals surface area contributed by atoms with Crippen LogP contribution in [-0.4, -0.2) is 30.9 Å². The number of rotatable bonds is 5. The fourth-order valence-corrected chi connectivity index (χ4v) is 1.57. The van der Waals surface area contributed by atoms with Crippen molar-refractivity contribution in [1.29, 1.82) is 0 Å². The number of aliphatic hydroxyl groups excluding tert-OH is 1. The fraction of sp³-hybridized carbons (Fsp3) is 0.700. The highest BCUT2D eigenvalue weighted by molar-refractivity contribution is 5.71. The molecule has 0 radical (unpaired) electrons. The molecular weight excluding hydrogens is 210 g/mol. The second-order valence-corrected chi connectivity index (χ2v) is 4.26. The Labute approximate surface area is 93.9 Å². The van der Waals surface area contributed by atoms with E-state index in [9.17, 15) is 9.90 Å². The van der Waals surface area contributed by atoms with E-state index in [0.29, 0.717) is 6.42 Å². The van der Waals surface area contributed by atoms with Crippen LogP contribution in [0.5, 0.6) is 0 Å². The maximum atomic E-state index is 11.2. The summed E-state index contributed by atoms with van der Waals surface area (Å²) in [4.78, 5) is 11.2. The van der Waals surface area contributed by atoms with E-state index in [0.717, 1.165) is 0 Å². The van der Waals surface area contributed by atoms with Crippen molar-refractivity contribution in [1.82, 2.24) is 14.8 Å². The molecule has 1 heterocycles. The molecule has 2 atom stereocenters. The summed E-state index contributed by atoms with van der Waals surface area (Å²) in [7, 11) is 0. The average molecular weight is 227 g/mol. The van der Waals surface area contributed by atoms with Crippen molar-refractivity contribution in [3.8, 4) is 0 Å². The first-order valence-corrected chi connectivity index (χ1v) is 5.23. The van der Waals surface area contributed by atoms with Gasteiger partial charge in [-0.25, -0.2) is 4.79 Å². The maximum Gasteiger partial charge on any atom is 0.326 e. The molecule has 6 heteroatoms. The zero-order valence-corrected chi connectivity index (χ0v) is 9.66. The molecule has 6 nitrogen and oxygen atoms in total. The average Bonchev–Trinajstić information content (AvgIpc) is 2.61. The van der Waals surface area contributed by atoms with E-state index in [-0.39, 0.29) is 11.7 Å². The van der Waals surface area contributed by atoms with E-state index >= 15 is 0 Å². The first kappa shape index (κ1) is 12.6. The summed E-state index contributed by atoms with van der Waals surface area (Å²) in [5.74, 6) is -0.409. The van der Waals surface area contributed by atoms with Crippen LogP contribution < -0.4 is 0 Å². The van der Waals surface area contributed by atoms with Crippen LogP contribution in [0.25, 0.3) is 0 Å². The van der Waals surface area contributed by atoms with Crippen LogP contribution in [0.4, 0.5) is 0 Å². The standard InChI is InChI=1S/C10H17N3O3/c1-6(2)4-8(10(15)16)13-5-11-12-9(13)7(3)14/h5-8,14H,4H2,1-3H3,(H,15,16). The van der Waals surface area contributed by atoms with Crippen molar-refractivity contribution < 1.29 is 15.0 Å². The van der Waals surface area contributed by atoms with Gasteiger partial charge in [0, 0.05) is 0 Å². The number of aromatic nitrogens is 3. The van der Waals surface area contributed by atoms with E-state index in [1.807, 2.05) is 13.8 Å². The zero-order chi connectivity index (χ0) is 12.3. The van der Waals surface area contributed by atoms with Crippen LogP contribution in [0.15, 0.2) is 6.33 Å². The van der Waals surface area contributed by atoms with E-state index in [4.69, 9.17) is 5.11 Å². The SMILES string of the molecule is CC(C)CC(C(=O)O)n1cnnc1C(C)O. The number of aliphatic carboxylic acids is 1. The summed E-state index contributed by atoms with van der Waals surface area (Å²) in [6.45, 7) is 5.43. The van der Waals surface area contributed by atoms with Crippen molar-refractivity contribution in [2.75, 3.05) is 0 Å². The number of hydrogen-bond donors (Lipinski definition) is 2. The van der Waals surface area contributed by atoms with Crippen LogP contribution in [0.3, 0.4) is 0 Å². The van der Waals surface area contributed by atoms with Gasteiger partial charge in [0.05, 0.1) is 0 Å². The highest BCUT2D eigenvalue weighted by Crippen LogP contribution is 2.21. The van der Waals surface area contributed by atoms with Gasteiger partial charge in [-0.1, -0.05) is 13.8 Å². The van der Waals surface area contributed by atoms with Crippen LogP contribution in [0.2, 0.25) is 0 Å². The van der Waals surface area contributed by atoms with Gasteiger partial charge < -0.3 is 14.8 Å². The van der Waals surface area contributed by atoms with Gasteiger partial charge in [-0.05, 0) is 19.3 Å². The van der Waals surface area contributed by atoms with Gasteiger partial charge in [-0.2, -0.15) is 0 Å². The molecule has 0 aromatic carbocycles. The molecule has 0 saturated heterocycles. The molecule has 1 rings (SSSR count). The second-order valence-electron chi connectivity index (χ2n) is 4.26. The predicted octanol–water partition coefficient (Wildman–Crippen LogP) is 1.00. The number of nitrogens with zero attached hydrogens (tertiary/aromatic N) is 3. The van der Waals surface area contributed by atoms with Crippen molar-refractivity contribution in [3.05, 3.63) is 12.2 Å². The Morgan fingerprint density at radius 2 is 2.12 bits per heavy atom. The lowest BCUT2D eigenvalue weighted by atomic mass is 10.0. The van der Waals surface area contributed by atoms with Crippen LogP contribution >= 0.6 is 0 Å². The lowest BCUT2D eigenvalue weighted by Crippen LogP contribution is -2.23. The Kier molecular flexibility index (Phi) is 4.00. The maximum absolute atomic E-state index is 11.2. The first-order chi connectivity index (χ1) is 7.43. The molecule has 0 bridgehead atoms. The normalized spacial score (nSPS) is 15.1. The second kappa shape index (κ2) is 5.07. The summed E-state index contributed by atoms with van der Waals surface area (Å²) in [6, 6.07) is -0.723. The molecule has 0 aliphatic heterocycles. The third-order valence-corrected chi connectivity index (χ3v) is 2.29. The third kappa shape index (κ3) is 2.79. The molecule has 0 amide bonds. The summed E-state index contributed by atoms with van der Waals surface area (Å²) in [5, 5.41) is 26.0. The van der Waals surface area contributed by atoms with E-state index in [1.165, 1.54) is 17.8 Å². The van der Waals surface area contributed by atoms with Crippen LogP contribution in [0, 0.1) is 5.92 Å². The van der Waals surface area contributed by atoms with Crippen molar-refractivity contribution >= 4 is 5.97 Å². The van der Waals surface area contributed by atoms with Gasteiger partial charge in [0.2, 0.25) is 0 Å². The Morgan fingerprint density at radius 3 is 2.56 bits per heavy atom. The Morgan fingerprint density at radius 1 is 1.50 bits per heavy atom. The van der Waals surface area contributed by atoms with E-state index in [1.54, 1.807) is 0 Å². The smallest absolute Gasteiger partial charge is 0.326 e. The van der Waals surface area contributed by atoms with Gasteiger partial charge in [-0.3, -0.25) is 0 Å². The number of carboxylic acid groups (broad SMARTS) is 1. The topological polar surface area (TPSA) is 88.2 Å². The van der Waals surface area contributed by atoms with Crippen LogP contribution in [0.1, 0.15) is 45.2 Å². The minimum absolute atomic E-state index is 0.241. The molecule has 1 aromatic rings. The monoisotopic (exact) mass is 227 g/mol. The summed E-state index contributed by atoms with van der Waals surface area (Å²) >= 11 is 0. The molecule has 0 aliphatic rings. The number of aliphatic hydroxyl groups is 1. The minimum Gasteiger partial charge on any atom is -0.480 e. The fourth-order valence-electron chi connectivity index (χ4n) is 1.57. The molecule has 2 unspecified atom stereocenters. The molecule has 0 aliphatic carbocycles. The number of hydrogen-bond acceptors (Lipinski definition) is 4. The minimum atomic E-state index is -0.935. The molecule has 0 spiro atoms. The lowest BCUT2D eigenvalue weighted by molar-refractivity contribution is -0.141. The number of carbonyl (C=O) groups is 1. The molecule has 0 saturated carbocycles. The van der Waals surface area contributed by atoms with Crippen molar-refractivity contribution in [2.24, 2.45) is 5.92 Å². The molecule has 90 valence electrons. The summed E-state index contributed by atoms with van der Waals surface area (Å²) in [6.07, 6.45) is 1.01. The Bertz CT molecular complexity index is 360. The first-order valence-electron chi connectivity index (χ1n) is 5.23. The molecule has 16 heavy (non-hydrogen) atoms. The van der Waals surface area contributed by atoms with Crippen molar-refractivity contribution in [3.63, 3.8) is 0 Å². The van der Waals surface area contributed by atoms with Crippen LogP contribution in [-0.2, 0) is 4.79 Å². The van der Waals surface area contributed by atoms with Gasteiger partial charge in [0.1, 0.15) is 18.5 Å². The quantitative estimate of drug-likeness (QED) is 0.783. The summed E-state index contributed by atoms with van der Waals surface area (Å²) in [5.41, 5.74) is 0. The lowest BCUT2D eigenvalue weighted by Gasteiger charge is -2.18. The van der Waals surface area contributed by atoms with Gasteiger partial charge in [-0.15, -0.1) is 10.2 Å². The zero-order valence-electron chi connectivity index (χ0n) is 9.66. The highest BCUT2D eigenvalue weighted by Gasteiger charge is 2.25. The van der Waals surface area contributed by atoms with Gasteiger partial charge in [0.15, 0.2) is 5.82 Å². The van der Waals surface area contributed by atoms with Gasteiger partial charge >= 0.3 is 5.97 Å². The third-order valence-electron chi connectivity index (χ3n) is 2.29. The van der Waals surface area contributed by atoms with Gasteiger partial charge in [0.25, 0.3) is 0 Å². The molecule has 1 aromatic heterocycles. The van der Waals surface area contributed by atoms with Crippen molar-refractivity contribution in [2.45, 2.75) is 39.3 Å². The summed E-state index contributed by atoms with van der Waals surface area (Å²) < 4.78 is 1.42. The Hall–Kier alpha value is -1.43. The Balaban J connectivity index is 3.01. The molecular formula is C10H17N3O3. The van der Waals surface area contributed by atoms with E-state index in [2.05, 4.69) is 10.2 Å². The molecule has 0 fully saturated rings. The van der Waals surface area contributed by atoms with E-state index < -0.39 is 18.1 Å². The molecule has 2 N–H and O–H groups in total. The highest BCUT2D eigenvalue weighted by atomic mass is 16.4.